The highest BCUT2D eigenvalue weighted by Crippen LogP contribution is 2.23. The number of nitrogens with zero attached hydrogens (tertiary/aromatic N) is 4. The van der Waals surface area contributed by atoms with Crippen LogP contribution in [0.1, 0.15) is 50.9 Å². The summed E-state index contributed by atoms with van der Waals surface area (Å²) in [6, 6.07) is 8.85. The highest BCUT2D eigenvalue weighted by Gasteiger charge is 2.19. The molecule has 160 valence electrons. The molecule has 29 heavy (non-hydrogen) atoms. The molecule has 1 aliphatic rings. The molecule has 0 bridgehead atoms. The van der Waals surface area contributed by atoms with Gasteiger partial charge in [0.15, 0.2) is 5.96 Å². The molecule has 1 aliphatic carbocycles. The molecule has 8 heteroatoms. The summed E-state index contributed by atoms with van der Waals surface area (Å²) in [5, 5.41) is 15.3. The summed E-state index contributed by atoms with van der Waals surface area (Å²) in [5.41, 5.74) is 1.20. The Kier molecular flexibility index (Phi) is 10.4. The predicted octanol–water partition coefficient (Wildman–Crippen LogP) is 4.54. The first-order valence-electron chi connectivity index (χ1n) is 10.3. The monoisotopic (exact) mass is 574 g/mol. The van der Waals surface area contributed by atoms with E-state index in [1.54, 1.807) is 6.33 Å². The molecule has 0 unspecified atom stereocenters. The van der Waals surface area contributed by atoms with E-state index in [1.165, 1.54) is 31.2 Å². The Morgan fingerprint density at radius 1 is 1.21 bits per heavy atom. The second kappa shape index (κ2) is 12.5. The van der Waals surface area contributed by atoms with Crippen LogP contribution < -0.4 is 10.6 Å². The third kappa shape index (κ3) is 7.88. The maximum atomic E-state index is 4.84. The number of aromatic nitrogens is 3. The molecular weight excluding hydrogens is 543 g/mol. The number of hydrogen-bond donors (Lipinski definition) is 2. The zero-order valence-corrected chi connectivity index (χ0v) is 21.2. The average Bonchev–Trinajstić information content (AvgIpc) is 3.16. The molecule has 0 atom stereocenters. The zero-order chi connectivity index (χ0) is 19.8. The Morgan fingerprint density at radius 2 is 1.93 bits per heavy atom. The van der Waals surface area contributed by atoms with E-state index in [4.69, 9.17) is 4.99 Å². The molecule has 1 aromatic carbocycles. The van der Waals surface area contributed by atoms with E-state index in [9.17, 15) is 0 Å². The van der Waals surface area contributed by atoms with E-state index in [0.717, 1.165) is 41.7 Å². The largest absolute Gasteiger partial charge is 0.355 e. The van der Waals surface area contributed by atoms with Gasteiger partial charge in [-0.2, -0.15) is 0 Å². The van der Waals surface area contributed by atoms with Crippen LogP contribution in [0.3, 0.4) is 0 Å². The van der Waals surface area contributed by atoms with Crippen LogP contribution in [0.5, 0.6) is 0 Å². The van der Waals surface area contributed by atoms with Gasteiger partial charge in [-0.1, -0.05) is 41.9 Å². The van der Waals surface area contributed by atoms with Gasteiger partial charge < -0.3 is 15.2 Å². The minimum Gasteiger partial charge on any atom is -0.355 e. The summed E-state index contributed by atoms with van der Waals surface area (Å²) >= 11 is 3.49. The van der Waals surface area contributed by atoms with Crippen molar-refractivity contribution < 1.29 is 0 Å². The van der Waals surface area contributed by atoms with Gasteiger partial charge in [0.1, 0.15) is 12.2 Å². The Morgan fingerprint density at radius 3 is 2.62 bits per heavy atom. The first kappa shape index (κ1) is 24.1. The van der Waals surface area contributed by atoms with Crippen molar-refractivity contribution >= 4 is 45.9 Å². The fourth-order valence-electron chi connectivity index (χ4n) is 3.54. The Hall–Kier alpha value is -1.16. The summed E-state index contributed by atoms with van der Waals surface area (Å²) in [7, 11) is 0. The van der Waals surface area contributed by atoms with E-state index >= 15 is 0 Å². The molecule has 0 radical (unpaired) electrons. The lowest BCUT2D eigenvalue weighted by atomic mass is 9.87. The molecule has 1 saturated carbocycles. The molecule has 6 nitrogen and oxygen atoms in total. The summed E-state index contributed by atoms with van der Waals surface area (Å²) < 4.78 is 3.19. The number of hydrogen-bond acceptors (Lipinski definition) is 3. The SMILES string of the molecule is CCc1nncn1CCNC(=NCc1ccc(Br)cc1)NC1CCC(C)CC1.I. The van der Waals surface area contributed by atoms with Gasteiger partial charge in [0.05, 0.1) is 6.54 Å². The second-order valence-electron chi connectivity index (χ2n) is 7.61. The third-order valence-corrected chi connectivity index (χ3v) is 5.88. The van der Waals surface area contributed by atoms with Gasteiger partial charge in [0.2, 0.25) is 0 Å². The normalized spacial score (nSPS) is 19.5. The van der Waals surface area contributed by atoms with E-state index in [1.807, 2.05) is 0 Å². The van der Waals surface area contributed by atoms with Crippen LogP contribution in [-0.4, -0.2) is 33.3 Å². The highest BCUT2D eigenvalue weighted by atomic mass is 127. The van der Waals surface area contributed by atoms with Crippen LogP contribution in [0.25, 0.3) is 0 Å². The van der Waals surface area contributed by atoms with Gasteiger partial charge in [-0.05, 0) is 49.3 Å². The second-order valence-corrected chi connectivity index (χ2v) is 8.53. The zero-order valence-electron chi connectivity index (χ0n) is 17.3. The number of aryl methyl sites for hydroxylation is 1. The standard InChI is InChI=1S/C21H31BrN6.HI/c1-3-20-27-25-15-28(20)13-12-23-21(26-19-10-4-16(2)5-11-19)24-14-17-6-8-18(22)9-7-17;/h6-9,15-16,19H,3-5,10-14H2,1-2H3,(H2,23,24,26);1H. The molecule has 3 rings (SSSR count). The van der Waals surface area contributed by atoms with E-state index in [0.29, 0.717) is 12.6 Å². The number of aliphatic imine (C=N–C) groups is 1. The van der Waals surface area contributed by atoms with Crippen molar-refractivity contribution in [2.45, 2.75) is 65.1 Å². The lowest BCUT2D eigenvalue weighted by Crippen LogP contribution is -2.45. The predicted molar refractivity (Wildman–Crippen MR) is 133 cm³/mol. The van der Waals surface area contributed by atoms with Gasteiger partial charge in [-0.15, -0.1) is 34.2 Å². The highest BCUT2D eigenvalue weighted by molar-refractivity contribution is 14.0. The molecule has 0 amide bonds. The molecule has 1 heterocycles. The summed E-state index contributed by atoms with van der Waals surface area (Å²) in [5.74, 6) is 2.76. The Labute approximate surface area is 199 Å². The lowest BCUT2D eigenvalue weighted by molar-refractivity contribution is 0.329. The number of benzene rings is 1. The maximum Gasteiger partial charge on any atom is 0.191 e. The first-order chi connectivity index (χ1) is 13.6. The number of nitrogens with one attached hydrogen (secondary N) is 2. The van der Waals surface area contributed by atoms with Crippen LogP contribution in [-0.2, 0) is 19.5 Å². The van der Waals surface area contributed by atoms with Gasteiger partial charge in [-0.3, -0.25) is 0 Å². The number of guanidine groups is 1. The third-order valence-electron chi connectivity index (χ3n) is 5.35. The van der Waals surface area contributed by atoms with E-state index in [-0.39, 0.29) is 24.0 Å². The fraction of sp³-hybridized carbons (Fsp3) is 0.571. The van der Waals surface area contributed by atoms with Crippen molar-refractivity contribution in [3.05, 3.63) is 46.5 Å². The number of halogens is 2. The minimum atomic E-state index is 0. The van der Waals surface area contributed by atoms with Crippen LogP contribution in [0.15, 0.2) is 40.1 Å². The van der Waals surface area contributed by atoms with Crippen LogP contribution in [0.4, 0.5) is 0 Å². The summed E-state index contributed by atoms with van der Waals surface area (Å²) in [6.07, 6.45) is 7.70. The Bertz CT molecular complexity index is 753. The van der Waals surface area contributed by atoms with Gasteiger partial charge >= 0.3 is 0 Å². The number of rotatable bonds is 7. The van der Waals surface area contributed by atoms with Crippen LogP contribution >= 0.6 is 39.9 Å². The van der Waals surface area contributed by atoms with Crippen molar-refractivity contribution in [1.29, 1.82) is 0 Å². The molecule has 1 aromatic heterocycles. The van der Waals surface area contributed by atoms with Gasteiger partial charge in [0.25, 0.3) is 0 Å². The Balaban J connectivity index is 0.00000300. The molecule has 0 spiro atoms. The van der Waals surface area contributed by atoms with Gasteiger partial charge in [-0.25, -0.2) is 4.99 Å². The van der Waals surface area contributed by atoms with Crippen LogP contribution in [0, 0.1) is 5.92 Å². The smallest absolute Gasteiger partial charge is 0.191 e. The lowest BCUT2D eigenvalue weighted by Gasteiger charge is -2.28. The molecular formula is C21H32BrIN6. The quantitative estimate of drug-likeness (QED) is 0.289. The average molecular weight is 575 g/mol. The van der Waals surface area contributed by atoms with Crippen molar-refractivity contribution in [3.8, 4) is 0 Å². The summed E-state index contributed by atoms with van der Waals surface area (Å²) in [4.78, 5) is 4.84. The topological polar surface area (TPSA) is 67.1 Å². The van der Waals surface area contributed by atoms with Crippen molar-refractivity contribution in [3.63, 3.8) is 0 Å². The molecule has 1 fully saturated rings. The van der Waals surface area contributed by atoms with Crippen molar-refractivity contribution in [2.24, 2.45) is 10.9 Å². The van der Waals surface area contributed by atoms with Crippen molar-refractivity contribution in [1.82, 2.24) is 25.4 Å². The maximum absolute atomic E-state index is 4.84. The summed E-state index contributed by atoms with van der Waals surface area (Å²) in [6.45, 7) is 6.74. The van der Waals surface area contributed by atoms with E-state index < -0.39 is 0 Å². The molecule has 2 aromatic rings. The minimum absolute atomic E-state index is 0. The van der Waals surface area contributed by atoms with Gasteiger partial charge in [0, 0.05) is 30.0 Å². The van der Waals surface area contributed by atoms with E-state index in [2.05, 4.69) is 79.4 Å². The van der Waals surface area contributed by atoms with Crippen molar-refractivity contribution in [2.75, 3.05) is 6.54 Å². The molecule has 2 N–H and O–H groups in total. The first-order valence-corrected chi connectivity index (χ1v) is 11.1. The van der Waals surface area contributed by atoms with Crippen LogP contribution in [0.2, 0.25) is 0 Å². The molecule has 0 saturated heterocycles. The fourth-order valence-corrected chi connectivity index (χ4v) is 3.81. The molecule has 0 aliphatic heterocycles.